The average Bonchev–Trinajstić information content (AvgIpc) is 3.22. The topological polar surface area (TPSA) is 89.1 Å². The number of benzene rings is 2. The van der Waals surface area contributed by atoms with E-state index in [1.807, 2.05) is 36.4 Å². The van der Waals surface area contributed by atoms with Crippen molar-refractivity contribution in [1.29, 1.82) is 0 Å². The lowest BCUT2D eigenvalue weighted by Gasteiger charge is -2.42. The number of hydrogen-bond donors (Lipinski definition) is 2. The zero-order chi connectivity index (χ0) is 24.5. The van der Waals surface area contributed by atoms with Gasteiger partial charge in [-0.1, -0.05) is 48.5 Å². The van der Waals surface area contributed by atoms with Crippen molar-refractivity contribution in [3.8, 4) is 11.1 Å². The molecule has 1 atom stereocenters. The van der Waals surface area contributed by atoms with Crippen LogP contribution in [0.25, 0.3) is 22.2 Å². The third-order valence-corrected chi connectivity index (χ3v) is 8.59. The summed E-state index contributed by atoms with van der Waals surface area (Å²) in [5.74, 6) is 1.77. The molecule has 1 saturated carbocycles. The summed E-state index contributed by atoms with van der Waals surface area (Å²) in [5, 5.41) is 0.918. The molecular formula is C28H32N6OS. The van der Waals surface area contributed by atoms with Crippen LogP contribution in [-0.4, -0.2) is 43.3 Å². The number of nitrogens with two attached hydrogens (primary N) is 1. The Morgan fingerprint density at radius 2 is 1.83 bits per heavy atom. The van der Waals surface area contributed by atoms with Crippen molar-refractivity contribution in [3.63, 3.8) is 0 Å². The van der Waals surface area contributed by atoms with Gasteiger partial charge < -0.3 is 15.2 Å². The lowest BCUT2D eigenvalue weighted by Crippen LogP contribution is -2.43. The molecule has 3 N–H and O–H groups in total. The zero-order valence-electron chi connectivity index (χ0n) is 20.3. The Balaban J connectivity index is 1.20. The van der Waals surface area contributed by atoms with Crippen molar-refractivity contribution in [3.05, 3.63) is 78.2 Å². The number of anilines is 1. The minimum absolute atomic E-state index is 0.451. The number of fused-ring (bicyclic) bond motifs is 1. The largest absolute Gasteiger partial charge is 0.383 e. The van der Waals surface area contributed by atoms with Crippen molar-refractivity contribution in [2.45, 2.75) is 37.6 Å². The number of nitrogens with one attached hydrogen (secondary N) is 1. The van der Waals surface area contributed by atoms with Gasteiger partial charge in [0.15, 0.2) is 0 Å². The van der Waals surface area contributed by atoms with E-state index in [0.717, 1.165) is 39.2 Å². The number of likely N-dealkylation sites (tertiary alicyclic amines) is 1. The molecule has 1 aliphatic carbocycles. The van der Waals surface area contributed by atoms with Gasteiger partial charge in [0.25, 0.3) is 0 Å². The van der Waals surface area contributed by atoms with Crippen LogP contribution in [0.2, 0.25) is 0 Å². The molecule has 0 spiro atoms. The van der Waals surface area contributed by atoms with E-state index in [1.165, 1.54) is 38.9 Å². The third kappa shape index (κ3) is 4.81. The minimum Gasteiger partial charge on any atom is -0.383 e. The fourth-order valence-electron chi connectivity index (χ4n) is 5.40. The van der Waals surface area contributed by atoms with Crippen LogP contribution < -0.4 is 10.5 Å². The van der Waals surface area contributed by atoms with Crippen molar-refractivity contribution in [2.75, 3.05) is 25.4 Å². The number of hydrogen-bond acceptors (Lipinski definition) is 5. The highest BCUT2D eigenvalue weighted by Gasteiger charge is 2.34. The number of nitrogen functional groups attached to an aromatic ring is 1. The molecule has 2 fully saturated rings. The quantitative estimate of drug-likeness (QED) is 0.358. The lowest BCUT2D eigenvalue weighted by atomic mass is 9.79. The predicted octanol–water partition coefficient (Wildman–Crippen LogP) is 4.29. The molecular weight excluding hydrogens is 468 g/mol. The van der Waals surface area contributed by atoms with Crippen molar-refractivity contribution in [1.82, 2.24) is 24.2 Å². The molecule has 8 heteroatoms. The summed E-state index contributed by atoms with van der Waals surface area (Å²) in [4.78, 5) is 11.5. The van der Waals surface area contributed by atoms with Crippen LogP contribution in [0.1, 0.15) is 36.4 Å². The summed E-state index contributed by atoms with van der Waals surface area (Å²) < 4.78 is 18.0. The van der Waals surface area contributed by atoms with Gasteiger partial charge in [0.1, 0.15) is 17.8 Å². The smallest absolute Gasteiger partial charge is 0.146 e. The predicted molar refractivity (Wildman–Crippen MR) is 145 cm³/mol. The Hall–Kier alpha value is -3.07. The van der Waals surface area contributed by atoms with Gasteiger partial charge in [0, 0.05) is 30.9 Å². The van der Waals surface area contributed by atoms with Crippen LogP contribution in [0.5, 0.6) is 0 Å². The van der Waals surface area contributed by atoms with Crippen LogP contribution in [0, 0.1) is 5.92 Å². The molecule has 6 rings (SSSR count). The van der Waals surface area contributed by atoms with E-state index in [9.17, 15) is 4.21 Å². The summed E-state index contributed by atoms with van der Waals surface area (Å²) in [7, 11) is -1.15. The molecule has 7 nitrogen and oxygen atoms in total. The van der Waals surface area contributed by atoms with E-state index < -0.39 is 11.0 Å². The fraction of sp³-hybridized carbons (Fsp3) is 0.357. The first-order valence-corrected chi connectivity index (χ1v) is 14.0. The van der Waals surface area contributed by atoms with Gasteiger partial charge in [-0.05, 0) is 61.0 Å². The van der Waals surface area contributed by atoms with Gasteiger partial charge in [0.2, 0.25) is 0 Å². The third-order valence-electron chi connectivity index (χ3n) is 7.52. The summed E-state index contributed by atoms with van der Waals surface area (Å²) in [6.45, 7) is 4.26. The van der Waals surface area contributed by atoms with Crippen LogP contribution in [-0.2, 0) is 23.3 Å². The maximum atomic E-state index is 12.6. The molecule has 0 bridgehead atoms. The Morgan fingerprint density at radius 1 is 1.03 bits per heavy atom. The average molecular weight is 501 g/mol. The van der Waals surface area contributed by atoms with Crippen LogP contribution >= 0.6 is 0 Å². The van der Waals surface area contributed by atoms with Crippen molar-refractivity contribution in [2.24, 2.45) is 5.92 Å². The Kier molecular flexibility index (Phi) is 6.56. The van der Waals surface area contributed by atoms with Crippen LogP contribution in [0.15, 0.2) is 67.1 Å². The van der Waals surface area contributed by atoms with Crippen molar-refractivity contribution < 1.29 is 4.21 Å². The van der Waals surface area contributed by atoms with Crippen LogP contribution in [0.4, 0.5) is 5.82 Å². The first-order chi connectivity index (χ1) is 17.6. The fourth-order valence-corrected chi connectivity index (χ4v) is 6.33. The standard InChI is InChI=1S/C28H32N6OS/c29-27-26-25(17-34(28(26)31-19-30-27)24-13-22(14-24)16-33-10-5-11-33)23-9-4-8-21(12-23)15-32-36(35)18-20-6-2-1-3-7-20/h1-4,6-9,12,17,19,22,24,32H,5,10-11,13-16,18H2,(H2,29,30,31). The number of aromatic nitrogens is 3. The molecule has 36 heavy (non-hydrogen) atoms. The molecule has 3 heterocycles. The molecule has 2 aromatic heterocycles. The lowest BCUT2D eigenvalue weighted by molar-refractivity contribution is 0.0921. The highest BCUT2D eigenvalue weighted by Crippen LogP contribution is 2.43. The van der Waals surface area contributed by atoms with E-state index in [2.05, 4.69) is 48.6 Å². The maximum absolute atomic E-state index is 12.6. The number of rotatable bonds is 9. The molecule has 2 aromatic carbocycles. The summed E-state index contributed by atoms with van der Waals surface area (Å²) in [6.07, 6.45) is 7.48. The van der Waals surface area contributed by atoms with Gasteiger partial charge in [-0.25, -0.2) is 18.9 Å². The Bertz CT molecular complexity index is 1380. The van der Waals surface area contributed by atoms with E-state index in [1.54, 1.807) is 6.33 Å². The molecule has 1 aliphatic heterocycles. The summed E-state index contributed by atoms with van der Waals surface area (Å²) in [5.41, 5.74) is 11.5. The van der Waals surface area contributed by atoms with Gasteiger partial charge in [-0.2, -0.15) is 0 Å². The van der Waals surface area contributed by atoms with Crippen molar-refractivity contribution >= 4 is 27.8 Å². The highest BCUT2D eigenvalue weighted by atomic mass is 32.2. The van der Waals surface area contributed by atoms with Gasteiger partial charge in [-0.3, -0.25) is 0 Å². The second-order valence-corrected chi connectivity index (χ2v) is 11.3. The van der Waals surface area contributed by atoms with Crippen LogP contribution in [0.3, 0.4) is 0 Å². The molecule has 1 unspecified atom stereocenters. The Labute approximate surface area is 214 Å². The molecule has 2 aliphatic rings. The first kappa shape index (κ1) is 23.3. The minimum atomic E-state index is -1.15. The molecule has 4 aromatic rings. The van der Waals surface area contributed by atoms with E-state index in [4.69, 9.17) is 5.73 Å². The monoisotopic (exact) mass is 500 g/mol. The number of nitrogens with zero attached hydrogens (tertiary/aromatic N) is 4. The SMILES string of the molecule is Nc1ncnc2c1c(-c1cccc(CNS(=O)Cc3ccccc3)c1)cn2C1CC(CN2CCC2)C1. The maximum Gasteiger partial charge on any atom is 0.146 e. The second-order valence-electron chi connectivity index (χ2n) is 10.0. The highest BCUT2D eigenvalue weighted by molar-refractivity contribution is 7.82. The molecule has 0 radical (unpaired) electrons. The summed E-state index contributed by atoms with van der Waals surface area (Å²) >= 11 is 0. The van der Waals surface area contributed by atoms with E-state index in [-0.39, 0.29) is 0 Å². The first-order valence-electron chi connectivity index (χ1n) is 12.7. The molecule has 186 valence electrons. The van der Waals surface area contributed by atoms with Gasteiger partial charge in [0.05, 0.1) is 22.1 Å². The van der Waals surface area contributed by atoms with E-state index in [0.29, 0.717) is 24.2 Å². The summed E-state index contributed by atoms with van der Waals surface area (Å²) in [6, 6.07) is 18.7. The molecule has 1 saturated heterocycles. The zero-order valence-corrected chi connectivity index (χ0v) is 21.2. The normalized spacial score (nSPS) is 20.7. The van der Waals surface area contributed by atoms with Gasteiger partial charge in [-0.15, -0.1) is 0 Å². The molecule has 0 amide bonds. The van der Waals surface area contributed by atoms with Gasteiger partial charge >= 0.3 is 0 Å². The second kappa shape index (κ2) is 10.1. The Morgan fingerprint density at radius 3 is 2.61 bits per heavy atom. The van der Waals surface area contributed by atoms with E-state index >= 15 is 0 Å².